The van der Waals surface area contributed by atoms with E-state index < -0.39 is 6.10 Å². The second-order valence-electron chi connectivity index (χ2n) is 4.73. The standard InChI is InChI=1S/C14H19NO4/c1-15(7-10(16)8-18-2)14(17)12-9-19-13-6-4-3-5-11(12)13/h3-6,10,12,16H,7-9H2,1-2H3. The maximum Gasteiger partial charge on any atom is 0.233 e. The molecule has 1 amide bonds. The Hall–Kier alpha value is -1.59. The number of carbonyl (C=O) groups is 1. The third kappa shape index (κ3) is 3.05. The molecule has 1 aromatic rings. The molecule has 1 aromatic carbocycles. The van der Waals surface area contributed by atoms with Crippen LogP contribution in [0, 0.1) is 0 Å². The lowest BCUT2D eigenvalue weighted by atomic mass is 10.00. The Kier molecular flexibility index (Phi) is 4.39. The van der Waals surface area contributed by atoms with E-state index in [-0.39, 0.29) is 25.0 Å². The Labute approximate surface area is 112 Å². The van der Waals surface area contributed by atoms with Gasteiger partial charge in [-0.15, -0.1) is 0 Å². The molecular weight excluding hydrogens is 246 g/mol. The first-order valence-electron chi connectivity index (χ1n) is 6.27. The van der Waals surface area contributed by atoms with Crippen molar-refractivity contribution in [1.29, 1.82) is 0 Å². The Balaban J connectivity index is 2.01. The second kappa shape index (κ2) is 6.04. The van der Waals surface area contributed by atoms with Crippen LogP contribution in [-0.2, 0) is 9.53 Å². The number of rotatable bonds is 5. The fraction of sp³-hybridized carbons (Fsp3) is 0.500. The Bertz CT molecular complexity index is 449. The fourth-order valence-corrected chi connectivity index (χ4v) is 2.28. The molecule has 0 saturated carbocycles. The van der Waals surface area contributed by atoms with Gasteiger partial charge in [-0.1, -0.05) is 18.2 Å². The van der Waals surface area contributed by atoms with E-state index in [4.69, 9.17) is 9.47 Å². The number of ether oxygens (including phenoxy) is 2. The summed E-state index contributed by atoms with van der Waals surface area (Å²) in [6.45, 7) is 0.837. The molecule has 0 fully saturated rings. The molecule has 1 aliphatic heterocycles. The predicted octanol–water partition coefficient (Wildman–Crippen LogP) is 0.628. The molecular formula is C14H19NO4. The van der Waals surface area contributed by atoms with E-state index >= 15 is 0 Å². The molecule has 0 aliphatic carbocycles. The van der Waals surface area contributed by atoms with Crippen molar-refractivity contribution in [2.24, 2.45) is 0 Å². The summed E-state index contributed by atoms with van der Waals surface area (Å²) in [6, 6.07) is 7.55. The van der Waals surface area contributed by atoms with Gasteiger partial charge in [0.2, 0.25) is 5.91 Å². The molecule has 1 aliphatic rings. The molecule has 2 unspecified atom stereocenters. The molecule has 2 atom stereocenters. The minimum Gasteiger partial charge on any atom is -0.492 e. The molecule has 5 nitrogen and oxygen atoms in total. The number of amides is 1. The van der Waals surface area contributed by atoms with Crippen molar-refractivity contribution in [3.8, 4) is 5.75 Å². The van der Waals surface area contributed by atoms with Crippen LogP contribution in [0.4, 0.5) is 0 Å². The third-order valence-electron chi connectivity index (χ3n) is 3.22. The van der Waals surface area contributed by atoms with Crippen LogP contribution >= 0.6 is 0 Å². The number of hydrogen-bond donors (Lipinski definition) is 1. The summed E-state index contributed by atoms with van der Waals surface area (Å²) >= 11 is 0. The highest BCUT2D eigenvalue weighted by Gasteiger charge is 2.32. The van der Waals surface area contributed by atoms with Crippen LogP contribution in [0.5, 0.6) is 5.75 Å². The van der Waals surface area contributed by atoms with Crippen molar-refractivity contribution < 1.29 is 19.4 Å². The number of fused-ring (bicyclic) bond motifs is 1. The molecule has 1 N–H and O–H groups in total. The van der Waals surface area contributed by atoms with Gasteiger partial charge in [0, 0.05) is 26.3 Å². The highest BCUT2D eigenvalue weighted by molar-refractivity contribution is 5.85. The van der Waals surface area contributed by atoms with E-state index in [1.807, 2.05) is 24.3 Å². The number of para-hydroxylation sites is 1. The molecule has 5 heteroatoms. The first-order valence-corrected chi connectivity index (χ1v) is 6.27. The Morgan fingerprint density at radius 1 is 1.58 bits per heavy atom. The van der Waals surface area contributed by atoms with Crippen molar-refractivity contribution in [3.63, 3.8) is 0 Å². The maximum absolute atomic E-state index is 12.3. The number of aliphatic hydroxyl groups is 1. The maximum atomic E-state index is 12.3. The average Bonchev–Trinajstić information content (AvgIpc) is 2.81. The van der Waals surface area contributed by atoms with Crippen LogP contribution in [0.3, 0.4) is 0 Å². The molecule has 104 valence electrons. The van der Waals surface area contributed by atoms with Crippen molar-refractivity contribution in [2.75, 3.05) is 33.9 Å². The van der Waals surface area contributed by atoms with E-state index in [1.165, 1.54) is 12.0 Å². The number of aliphatic hydroxyl groups excluding tert-OH is 1. The van der Waals surface area contributed by atoms with Gasteiger partial charge in [0.1, 0.15) is 18.3 Å². The number of carbonyl (C=O) groups excluding carboxylic acids is 1. The van der Waals surface area contributed by atoms with Crippen LogP contribution in [0.25, 0.3) is 0 Å². The first kappa shape index (κ1) is 13.8. The summed E-state index contributed by atoms with van der Waals surface area (Å²) in [7, 11) is 3.20. The second-order valence-corrected chi connectivity index (χ2v) is 4.73. The van der Waals surface area contributed by atoms with E-state index in [0.29, 0.717) is 6.61 Å². The highest BCUT2D eigenvalue weighted by atomic mass is 16.5. The van der Waals surface area contributed by atoms with Crippen LogP contribution in [0.2, 0.25) is 0 Å². The van der Waals surface area contributed by atoms with E-state index in [2.05, 4.69) is 0 Å². The normalized spacial score (nSPS) is 18.6. The number of likely N-dealkylation sites (N-methyl/N-ethyl adjacent to an activating group) is 1. The van der Waals surface area contributed by atoms with Gasteiger partial charge in [-0.05, 0) is 6.07 Å². The molecule has 0 bridgehead atoms. The fourth-order valence-electron chi connectivity index (χ4n) is 2.28. The molecule has 0 radical (unpaired) electrons. The van der Waals surface area contributed by atoms with Crippen LogP contribution in [-0.4, -0.2) is 55.9 Å². The van der Waals surface area contributed by atoms with Gasteiger partial charge in [0.05, 0.1) is 12.7 Å². The zero-order valence-corrected chi connectivity index (χ0v) is 11.2. The molecule has 0 saturated heterocycles. The van der Waals surface area contributed by atoms with Crippen LogP contribution in [0.1, 0.15) is 11.5 Å². The zero-order valence-electron chi connectivity index (χ0n) is 11.2. The van der Waals surface area contributed by atoms with Crippen molar-refractivity contribution in [1.82, 2.24) is 4.90 Å². The van der Waals surface area contributed by atoms with Crippen LogP contribution in [0.15, 0.2) is 24.3 Å². The molecule has 19 heavy (non-hydrogen) atoms. The lowest BCUT2D eigenvalue weighted by Gasteiger charge is -2.23. The van der Waals surface area contributed by atoms with Gasteiger partial charge in [0.15, 0.2) is 0 Å². The third-order valence-corrected chi connectivity index (χ3v) is 3.22. The van der Waals surface area contributed by atoms with Gasteiger partial charge >= 0.3 is 0 Å². The monoisotopic (exact) mass is 265 g/mol. The zero-order chi connectivity index (χ0) is 13.8. The summed E-state index contributed by atoms with van der Waals surface area (Å²) in [6.07, 6.45) is -0.670. The van der Waals surface area contributed by atoms with Gasteiger partial charge in [-0.25, -0.2) is 0 Å². The highest BCUT2D eigenvalue weighted by Crippen LogP contribution is 2.34. The SMILES string of the molecule is COCC(O)CN(C)C(=O)C1COc2ccccc21. The van der Waals surface area contributed by atoms with Crippen LogP contribution < -0.4 is 4.74 Å². The molecule has 0 spiro atoms. The lowest BCUT2D eigenvalue weighted by molar-refractivity contribution is -0.133. The van der Waals surface area contributed by atoms with E-state index in [9.17, 15) is 9.90 Å². The average molecular weight is 265 g/mol. The molecule has 0 aromatic heterocycles. The number of hydrogen-bond acceptors (Lipinski definition) is 4. The van der Waals surface area contributed by atoms with Crippen molar-refractivity contribution in [3.05, 3.63) is 29.8 Å². The minimum absolute atomic E-state index is 0.0416. The minimum atomic E-state index is -0.670. The topological polar surface area (TPSA) is 59.0 Å². The number of nitrogens with zero attached hydrogens (tertiary/aromatic N) is 1. The van der Waals surface area contributed by atoms with Gasteiger partial charge in [0.25, 0.3) is 0 Å². The predicted molar refractivity (Wildman–Crippen MR) is 70.2 cm³/mol. The van der Waals surface area contributed by atoms with Crippen molar-refractivity contribution >= 4 is 5.91 Å². The number of methoxy groups -OCH3 is 1. The van der Waals surface area contributed by atoms with Gasteiger partial charge in [-0.2, -0.15) is 0 Å². The van der Waals surface area contributed by atoms with E-state index in [1.54, 1.807) is 7.05 Å². The Morgan fingerprint density at radius 2 is 2.32 bits per heavy atom. The summed E-state index contributed by atoms with van der Waals surface area (Å²) in [5.74, 6) is 0.447. The summed E-state index contributed by atoms with van der Waals surface area (Å²) in [4.78, 5) is 13.9. The lowest BCUT2D eigenvalue weighted by Crippen LogP contribution is -2.39. The van der Waals surface area contributed by atoms with Gasteiger partial charge in [-0.3, -0.25) is 4.79 Å². The summed E-state index contributed by atoms with van der Waals surface area (Å²) in [5, 5.41) is 9.66. The molecule has 1 heterocycles. The molecule has 2 rings (SSSR count). The van der Waals surface area contributed by atoms with E-state index in [0.717, 1.165) is 11.3 Å². The first-order chi connectivity index (χ1) is 9.13. The Morgan fingerprint density at radius 3 is 3.05 bits per heavy atom. The summed E-state index contributed by atoms with van der Waals surface area (Å²) in [5.41, 5.74) is 0.917. The quantitative estimate of drug-likeness (QED) is 0.848. The summed E-state index contributed by atoms with van der Waals surface area (Å²) < 4.78 is 10.4. The smallest absolute Gasteiger partial charge is 0.233 e. The number of benzene rings is 1. The van der Waals surface area contributed by atoms with Gasteiger partial charge < -0.3 is 19.5 Å². The van der Waals surface area contributed by atoms with Crippen molar-refractivity contribution in [2.45, 2.75) is 12.0 Å². The largest absolute Gasteiger partial charge is 0.492 e.